The average Bonchev–Trinajstić information content (AvgIpc) is 2.74. The van der Waals surface area contributed by atoms with Crippen molar-refractivity contribution in [3.63, 3.8) is 0 Å². The molecule has 18 heavy (non-hydrogen) atoms. The maximum absolute atomic E-state index is 11.5. The second-order valence-electron chi connectivity index (χ2n) is 4.34. The van der Waals surface area contributed by atoms with Crippen molar-refractivity contribution in [2.75, 3.05) is 16.8 Å². The highest BCUT2D eigenvalue weighted by molar-refractivity contribution is 7.91. The smallest absolute Gasteiger partial charge is 0.200 e. The van der Waals surface area contributed by atoms with Crippen LogP contribution in [0.1, 0.15) is 12.8 Å². The van der Waals surface area contributed by atoms with Gasteiger partial charge in [-0.3, -0.25) is 0 Å². The molecule has 0 amide bonds. The van der Waals surface area contributed by atoms with Crippen LogP contribution in [0.2, 0.25) is 0 Å². The first-order valence-electron chi connectivity index (χ1n) is 5.65. The summed E-state index contributed by atoms with van der Waals surface area (Å²) in [6.07, 6.45) is 1.52. The monoisotopic (exact) mass is 268 g/mol. The Labute approximate surface area is 103 Å². The predicted octanol–water partition coefficient (Wildman–Crippen LogP) is -0.492. The fourth-order valence-electron chi connectivity index (χ4n) is 2.07. The Morgan fingerprint density at radius 1 is 1.39 bits per heavy atom. The normalized spacial score (nSPS) is 23.0. The van der Waals surface area contributed by atoms with E-state index in [0.717, 1.165) is 6.42 Å². The molecule has 1 atom stereocenters. The lowest BCUT2D eigenvalue weighted by molar-refractivity contribution is 0.561. The van der Waals surface area contributed by atoms with Gasteiger partial charge in [-0.15, -0.1) is 14.8 Å². The number of hydrogen-bond acceptors (Lipinski definition) is 7. The maximum Gasteiger partial charge on any atom is 0.200 e. The SMILES string of the molecule is O=S1(=O)CCCC(Nc2ccc3nnnn3n2)C1. The van der Waals surface area contributed by atoms with E-state index in [0.29, 0.717) is 17.9 Å². The number of tetrazole rings is 1. The molecule has 1 unspecified atom stereocenters. The molecule has 9 heteroatoms. The Bertz CT molecular complexity index is 667. The van der Waals surface area contributed by atoms with Crippen molar-refractivity contribution >= 4 is 21.3 Å². The number of hydrogen-bond donors (Lipinski definition) is 1. The van der Waals surface area contributed by atoms with Gasteiger partial charge in [0.1, 0.15) is 5.82 Å². The van der Waals surface area contributed by atoms with Gasteiger partial charge in [-0.1, -0.05) is 0 Å². The van der Waals surface area contributed by atoms with Crippen LogP contribution in [0.3, 0.4) is 0 Å². The Kier molecular flexibility index (Phi) is 2.62. The van der Waals surface area contributed by atoms with Crippen molar-refractivity contribution < 1.29 is 8.42 Å². The first-order chi connectivity index (χ1) is 8.62. The third-order valence-electron chi connectivity index (χ3n) is 2.88. The van der Waals surface area contributed by atoms with Crippen LogP contribution in [0.5, 0.6) is 0 Å². The van der Waals surface area contributed by atoms with E-state index in [1.54, 1.807) is 12.1 Å². The molecule has 2 aromatic heterocycles. The Balaban J connectivity index is 1.79. The van der Waals surface area contributed by atoms with Crippen molar-refractivity contribution in [2.24, 2.45) is 0 Å². The second kappa shape index (κ2) is 4.16. The van der Waals surface area contributed by atoms with Gasteiger partial charge in [-0.2, -0.15) is 0 Å². The highest BCUT2D eigenvalue weighted by Crippen LogP contribution is 2.16. The third-order valence-corrected chi connectivity index (χ3v) is 4.71. The van der Waals surface area contributed by atoms with Crippen molar-refractivity contribution in [3.8, 4) is 0 Å². The molecule has 8 nitrogen and oxygen atoms in total. The van der Waals surface area contributed by atoms with E-state index >= 15 is 0 Å². The molecule has 0 saturated carbocycles. The minimum Gasteiger partial charge on any atom is -0.365 e. The minimum atomic E-state index is -2.92. The van der Waals surface area contributed by atoms with E-state index in [-0.39, 0.29) is 17.5 Å². The lowest BCUT2D eigenvalue weighted by Crippen LogP contribution is -2.35. The molecule has 2 aromatic rings. The number of nitrogens with one attached hydrogen (secondary N) is 1. The quantitative estimate of drug-likeness (QED) is 0.783. The summed E-state index contributed by atoms with van der Waals surface area (Å²) >= 11 is 0. The Morgan fingerprint density at radius 2 is 2.28 bits per heavy atom. The molecule has 0 aromatic carbocycles. The zero-order chi connectivity index (χ0) is 12.6. The van der Waals surface area contributed by atoms with Gasteiger partial charge in [0, 0.05) is 6.04 Å². The van der Waals surface area contributed by atoms with Gasteiger partial charge >= 0.3 is 0 Å². The summed E-state index contributed by atoms with van der Waals surface area (Å²) in [5.74, 6) is 1.02. The molecule has 0 aliphatic carbocycles. The van der Waals surface area contributed by atoms with Crippen LogP contribution >= 0.6 is 0 Å². The van der Waals surface area contributed by atoms with Gasteiger partial charge in [0.15, 0.2) is 15.5 Å². The van der Waals surface area contributed by atoms with Crippen molar-refractivity contribution in [1.82, 2.24) is 25.3 Å². The zero-order valence-electron chi connectivity index (χ0n) is 9.52. The summed E-state index contributed by atoms with van der Waals surface area (Å²) in [5, 5.41) is 18.2. The van der Waals surface area contributed by atoms with E-state index in [1.807, 2.05) is 0 Å². The summed E-state index contributed by atoms with van der Waals surface area (Å²) in [4.78, 5) is 0. The lowest BCUT2D eigenvalue weighted by atomic mass is 10.2. The molecule has 1 aliphatic rings. The largest absolute Gasteiger partial charge is 0.365 e. The summed E-state index contributed by atoms with van der Waals surface area (Å²) in [7, 11) is -2.92. The van der Waals surface area contributed by atoms with E-state index < -0.39 is 9.84 Å². The maximum atomic E-state index is 11.5. The van der Waals surface area contributed by atoms with Gasteiger partial charge in [0.2, 0.25) is 0 Å². The van der Waals surface area contributed by atoms with E-state index in [4.69, 9.17) is 0 Å². The topological polar surface area (TPSA) is 102 Å². The second-order valence-corrected chi connectivity index (χ2v) is 6.57. The standard InChI is InChI=1S/C9H12N6O2S/c16-18(17)5-1-2-7(6-18)10-8-3-4-9-11-13-14-15(9)12-8/h3-4,7H,1-2,5-6H2,(H,10,12). The van der Waals surface area contributed by atoms with Crippen LogP contribution in [0.25, 0.3) is 5.65 Å². The molecule has 1 N–H and O–H groups in total. The molecule has 3 rings (SSSR count). The van der Waals surface area contributed by atoms with Crippen LogP contribution in [0.15, 0.2) is 12.1 Å². The van der Waals surface area contributed by atoms with Gasteiger partial charge < -0.3 is 5.32 Å². The Hall–Kier alpha value is -1.77. The molecule has 0 radical (unpaired) electrons. The van der Waals surface area contributed by atoms with Gasteiger partial charge in [0.25, 0.3) is 0 Å². The van der Waals surface area contributed by atoms with E-state index in [9.17, 15) is 8.42 Å². The highest BCUT2D eigenvalue weighted by atomic mass is 32.2. The minimum absolute atomic E-state index is 0.0924. The summed E-state index contributed by atoms with van der Waals surface area (Å²) in [5.41, 5.74) is 0.553. The van der Waals surface area contributed by atoms with Gasteiger partial charge in [-0.05, 0) is 35.4 Å². The number of rotatable bonds is 2. The molecule has 3 heterocycles. The molecule has 1 saturated heterocycles. The van der Waals surface area contributed by atoms with Crippen molar-refractivity contribution in [2.45, 2.75) is 18.9 Å². The van der Waals surface area contributed by atoms with Crippen LogP contribution in [-0.4, -0.2) is 51.2 Å². The number of aromatic nitrogens is 5. The number of fused-ring (bicyclic) bond motifs is 1. The molecule has 1 aliphatic heterocycles. The van der Waals surface area contributed by atoms with Crippen LogP contribution in [-0.2, 0) is 9.84 Å². The van der Waals surface area contributed by atoms with E-state index in [2.05, 4.69) is 25.9 Å². The summed E-state index contributed by atoms with van der Waals surface area (Å²) in [6, 6.07) is 3.38. The van der Waals surface area contributed by atoms with Crippen LogP contribution < -0.4 is 5.32 Å². The average molecular weight is 268 g/mol. The summed E-state index contributed by atoms with van der Waals surface area (Å²) < 4.78 is 24.4. The van der Waals surface area contributed by atoms with Gasteiger partial charge in [0.05, 0.1) is 11.5 Å². The first-order valence-corrected chi connectivity index (χ1v) is 7.47. The molecule has 96 valence electrons. The van der Waals surface area contributed by atoms with Crippen molar-refractivity contribution in [3.05, 3.63) is 12.1 Å². The van der Waals surface area contributed by atoms with Crippen molar-refractivity contribution in [1.29, 1.82) is 0 Å². The predicted molar refractivity (Wildman–Crippen MR) is 63.9 cm³/mol. The lowest BCUT2D eigenvalue weighted by Gasteiger charge is -2.23. The third kappa shape index (κ3) is 2.26. The van der Waals surface area contributed by atoms with Crippen LogP contribution in [0.4, 0.5) is 5.82 Å². The van der Waals surface area contributed by atoms with E-state index in [1.165, 1.54) is 4.63 Å². The first kappa shape index (κ1) is 11.3. The molecular formula is C9H12N6O2S. The highest BCUT2D eigenvalue weighted by Gasteiger charge is 2.24. The number of nitrogens with zero attached hydrogens (tertiary/aromatic N) is 5. The molecular weight excluding hydrogens is 256 g/mol. The van der Waals surface area contributed by atoms with Crippen LogP contribution in [0, 0.1) is 0 Å². The molecule has 1 fully saturated rings. The fraction of sp³-hybridized carbons (Fsp3) is 0.556. The zero-order valence-corrected chi connectivity index (χ0v) is 10.3. The number of anilines is 1. The number of sulfone groups is 1. The molecule has 0 bridgehead atoms. The molecule has 0 spiro atoms. The fourth-order valence-corrected chi connectivity index (χ4v) is 3.71. The Morgan fingerprint density at radius 3 is 3.11 bits per heavy atom. The van der Waals surface area contributed by atoms with Gasteiger partial charge in [-0.25, -0.2) is 8.42 Å². The summed E-state index contributed by atoms with van der Waals surface area (Å²) in [6.45, 7) is 0.